The first kappa shape index (κ1) is 8.78. The first-order valence-corrected chi connectivity index (χ1v) is 4.37. The van der Waals surface area contributed by atoms with Crippen LogP contribution < -0.4 is 0 Å². The minimum absolute atomic E-state index is 0.311. The zero-order valence-electron chi connectivity index (χ0n) is 7.31. The molecule has 0 spiro atoms. The molecule has 1 aromatic heterocycles. The fourth-order valence-corrected chi connectivity index (χ4v) is 1.27. The number of hydrogen-bond acceptors (Lipinski definition) is 3. The molecule has 2 radical (unpaired) electrons. The molecule has 1 aliphatic rings. The van der Waals surface area contributed by atoms with Gasteiger partial charge in [0, 0.05) is 5.92 Å². The van der Waals surface area contributed by atoms with E-state index in [1.807, 2.05) is 12.1 Å². The van der Waals surface area contributed by atoms with E-state index >= 15 is 0 Å². The zero-order valence-corrected chi connectivity index (χ0v) is 7.31. The maximum Gasteiger partial charge on any atom is 0.217 e. The van der Waals surface area contributed by atoms with Crippen LogP contribution in [0.15, 0.2) is 22.8 Å². The lowest BCUT2D eigenvalue weighted by atomic mass is 10.1. The maximum atomic E-state index is 5.48. The molecule has 2 rings (SSSR count). The summed E-state index contributed by atoms with van der Waals surface area (Å²) in [6.45, 7) is 6.77. The Hall–Kier alpha value is -0.800. The highest BCUT2D eigenvalue weighted by Gasteiger charge is 2.23. The lowest BCUT2D eigenvalue weighted by molar-refractivity contribution is -0.212. The molecule has 0 N–H and O–H groups in total. The standard InChI is InChI=1S/C10H12O3/c1-2-8-6-12-10(13-7-8)9-4-3-5-11-9/h1,3-5,8,10H,2,6-7H2. The molecule has 3 heteroatoms. The molecule has 0 atom stereocenters. The highest BCUT2D eigenvalue weighted by atomic mass is 16.7. The van der Waals surface area contributed by atoms with Gasteiger partial charge in [-0.1, -0.05) is 0 Å². The second-order valence-corrected chi connectivity index (χ2v) is 3.12. The summed E-state index contributed by atoms with van der Waals surface area (Å²) in [5, 5.41) is 0. The van der Waals surface area contributed by atoms with E-state index in [1.54, 1.807) is 6.26 Å². The van der Waals surface area contributed by atoms with Crippen LogP contribution in [0.3, 0.4) is 0 Å². The van der Waals surface area contributed by atoms with Crippen LogP contribution in [0.1, 0.15) is 18.5 Å². The van der Waals surface area contributed by atoms with Crippen molar-refractivity contribution in [1.82, 2.24) is 0 Å². The molecule has 1 fully saturated rings. The van der Waals surface area contributed by atoms with Crippen LogP contribution >= 0.6 is 0 Å². The summed E-state index contributed by atoms with van der Waals surface area (Å²) in [6.07, 6.45) is 1.86. The Morgan fingerprint density at radius 2 is 2.15 bits per heavy atom. The summed E-state index contributed by atoms with van der Waals surface area (Å²) >= 11 is 0. The quantitative estimate of drug-likeness (QED) is 0.698. The molecular weight excluding hydrogens is 168 g/mol. The summed E-state index contributed by atoms with van der Waals surface area (Å²) in [6, 6.07) is 3.66. The summed E-state index contributed by atoms with van der Waals surface area (Å²) in [5.74, 6) is 1.03. The maximum absolute atomic E-state index is 5.48. The van der Waals surface area contributed by atoms with Gasteiger partial charge in [0.25, 0.3) is 0 Å². The van der Waals surface area contributed by atoms with Crippen LogP contribution in [0, 0.1) is 12.8 Å². The van der Waals surface area contributed by atoms with Gasteiger partial charge in [-0.25, -0.2) is 0 Å². The minimum Gasteiger partial charge on any atom is -0.464 e. The van der Waals surface area contributed by atoms with Crippen molar-refractivity contribution in [1.29, 1.82) is 0 Å². The molecule has 70 valence electrons. The highest BCUT2D eigenvalue weighted by Crippen LogP contribution is 2.25. The molecule has 0 aromatic carbocycles. The number of rotatable bonds is 2. The monoisotopic (exact) mass is 180 g/mol. The van der Waals surface area contributed by atoms with Gasteiger partial charge in [-0.3, -0.25) is 0 Å². The van der Waals surface area contributed by atoms with E-state index in [0.717, 1.165) is 5.76 Å². The molecule has 2 heterocycles. The van der Waals surface area contributed by atoms with Gasteiger partial charge < -0.3 is 13.9 Å². The van der Waals surface area contributed by atoms with Crippen molar-refractivity contribution in [2.24, 2.45) is 5.92 Å². The van der Waals surface area contributed by atoms with Gasteiger partial charge in [-0.05, 0) is 25.5 Å². The lowest BCUT2D eigenvalue weighted by Gasteiger charge is -2.27. The van der Waals surface area contributed by atoms with Crippen LogP contribution in [-0.4, -0.2) is 13.2 Å². The van der Waals surface area contributed by atoms with E-state index in [9.17, 15) is 0 Å². The van der Waals surface area contributed by atoms with Crippen molar-refractivity contribution in [3.63, 3.8) is 0 Å². The average molecular weight is 180 g/mol. The molecule has 1 aromatic rings. The second-order valence-electron chi connectivity index (χ2n) is 3.12. The minimum atomic E-state index is -0.349. The Labute approximate surface area is 77.6 Å². The van der Waals surface area contributed by atoms with Crippen LogP contribution in [0.25, 0.3) is 0 Å². The van der Waals surface area contributed by atoms with E-state index in [2.05, 4.69) is 0 Å². The molecule has 0 aliphatic carbocycles. The first-order chi connectivity index (χ1) is 6.40. The van der Waals surface area contributed by atoms with Crippen LogP contribution in [0.4, 0.5) is 0 Å². The third-order valence-corrected chi connectivity index (χ3v) is 2.08. The van der Waals surface area contributed by atoms with Gasteiger partial charge in [0.15, 0.2) is 5.76 Å². The SMILES string of the molecule is [CH]CC1COC(c2ccco2)OC1. The molecule has 0 unspecified atom stereocenters. The molecule has 3 nitrogen and oxygen atoms in total. The fraction of sp³-hybridized carbons (Fsp3) is 0.500. The van der Waals surface area contributed by atoms with E-state index in [4.69, 9.17) is 20.8 Å². The van der Waals surface area contributed by atoms with Gasteiger partial charge in [0.2, 0.25) is 6.29 Å². The third kappa shape index (κ3) is 1.92. The van der Waals surface area contributed by atoms with Crippen LogP contribution in [0.5, 0.6) is 0 Å². The highest BCUT2D eigenvalue weighted by molar-refractivity contribution is 5.00. The lowest BCUT2D eigenvalue weighted by Crippen LogP contribution is -2.26. The summed E-state index contributed by atoms with van der Waals surface area (Å²) in [7, 11) is 0. The Kier molecular flexibility index (Phi) is 2.66. The van der Waals surface area contributed by atoms with Crippen LogP contribution in [-0.2, 0) is 9.47 Å². The average Bonchev–Trinajstić information content (AvgIpc) is 2.71. The van der Waals surface area contributed by atoms with Crippen molar-refractivity contribution >= 4 is 0 Å². The Morgan fingerprint density at radius 1 is 1.38 bits per heavy atom. The van der Waals surface area contributed by atoms with Crippen molar-refractivity contribution in [2.45, 2.75) is 12.7 Å². The van der Waals surface area contributed by atoms with Crippen LogP contribution in [0.2, 0.25) is 0 Å². The predicted octanol–water partition coefficient (Wildman–Crippen LogP) is 2.04. The van der Waals surface area contributed by atoms with Crippen molar-refractivity contribution in [2.75, 3.05) is 13.2 Å². The molecular formula is C10H12O3. The molecule has 13 heavy (non-hydrogen) atoms. The van der Waals surface area contributed by atoms with Crippen molar-refractivity contribution < 1.29 is 13.9 Å². The molecule has 0 amide bonds. The topological polar surface area (TPSA) is 31.6 Å². The molecule has 1 saturated heterocycles. The largest absolute Gasteiger partial charge is 0.464 e. The van der Waals surface area contributed by atoms with Crippen molar-refractivity contribution in [3.05, 3.63) is 31.1 Å². The summed E-state index contributed by atoms with van der Waals surface area (Å²) in [4.78, 5) is 0. The van der Waals surface area contributed by atoms with E-state index in [1.165, 1.54) is 0 Å². The van der Waals surface area contributed by atoms with Gasteiger partial charge in [-0.2, -0.15) is 0 Å². The molecule has 0 saturated carbocycles. The van der Waals surface area contributed by atoms with E-state index < -0.39 is 0 Å². The third-order valence-electron chi connectivity index (χ3n) is 2.08. The normalized spacial score (nSPS) is 29.0. The Bertz CT molecular complexity index is 235. The van der Waals surface area contributed by atoms with Crippen molar-refractivity contribution in [3.8, 4) is 0 Å². The second kappa shape index (κ2) is 3.94. The summed E-state index contributed by atoms with van der Waals surface area (Å²) < 4.78 is 16.0. The zero-order chi connectivity index (χ0) is 9.10. The fourth-order valence-electron chi connectivity index (χ4n) is 1.27. The van der Waals surface area contributed by atoms with Gasteiger partial charge in [-0.15, -0.1) is 0 Å². The van der Waals surface area contributed by atoms with Gasteiger partial charge in [0.1, 0.15) is 0 Å². The Morgan fingerprint density at radius 3 is 2.69 bits per heavy atom. The Balaban J connectivity index is 1.92. The van der Waals surface area contributed by atoms with E-state index in [0.29, 0.717) is 25.6 Å². The number of hydrogen-bond donors (Lipinski definition) is 0. The smallest absolute Gasteiger partial charge is 0.217 e. The number of furan rings is 1. The first-order valence-electron chi connectivity index (χ1n) is 4.37. The van der Waals surface area contributed by atoms with Gasteiger partial charge >= 0.3 is 0 Å². The molecule has 1 aliphatic heterocycles. The number of ether oxygens (including phenoxy) is 2. The van der Waals surface area contributed by atoms with E-state index in [-0.39, 0.29) is 6.29 Å². The van der Waals surface area contributed by atoms with Gasteiger partial charge in [0.05, 0.1) is 19.5 Å². The summed E-state index contributed by atoms with van der Waals surface area (Å²) in [5.41, 5.74) is 0. The predicted molar refractivity (Wildman–Crippen MR) is 45.8 cm³/mol. The molecule has 0 bridgehead atoms.